The van der Waals surface area contributed by atoms with Crippen molar-refractivity contribution in [2.24, 2.45) is 0 Å². The molecule has 0 saturated heterocycles. The summed E-state index contributed by atoms with van der Waals surface area (Å²) >= 11 is 0. The molecule has 4 nitrogen and oxygen atoms in total. The maximum absolute atomic E-state index is 11.1. The largest absolute Gasteiger partial charge is 0.385 e. The fourth-order valence-corrected chi connectivity index (χ4v) is 1.99. The van der Waals surface area contributed by atoms with E-state index >= 15 is 0 Å². The smallest absolute Gasteiger partial charge is 0.314 e. The van der Waals surface area contributed by atoms with Crippen LogP contribution in [0.3, 0.4) is 0 Å². The van der Waals surface area contributed by atoms with Gasteiger partial charge in [0.1, 0.15) is 0 Å². The van der Waals surface area contributed by atoms with E-state index in [1.807, 2.05) is 12.1 Å². The third-order valence-corrected chi connectivity index (χ3v) is 2.83. The monoisotopic (exact) mass is 219 g/mol. The summed E-state index contributed by atoms with van der Waals surface area (Å²) in [6.45, 7) is 1.58. The van der Waals surface area contributed by atoms with Crippen molar-refractivity contribution in [3.05, 3.63) is 29.3 Å². The number of hydrogen-bond acceptors (Lipinski definition) is 2. The van der Waals surface area contributed by atoms with Crippen molar-refractivity contribution in [2.75, 3.05) is 18.9 Å². The predicted molar refractivity (Wildman–Crippen MR) is 64.5 cm³/mol. The van der Waals surface area contributed by atoms with Gasteiger partial charge in [0.05, 0.1) is 0 Å². The van der Waals surface area contributed by atoms with Gasteiger partial charge >= 0.3 is 6.03 Å². The van der Waals surface area contributed by atoms with Gasteiger partial charge in [-0.15, -0.1) is 0 Å². The molecule has 0 radical (unpaired) electrons. The standard InChI is InChI=1S/C12H17N3O/c1-13-12(16)15-8-10-5-2-4-9-6-3-7-14-11(9)10/h2,4-5,14H,3,6-8H2,1H3,(H2,13,15,16). The van der Waals surface area contributed by atoms with Crippen LogP contribution in [0, 0.1) is 0 Å². The Morgan fingerprint density at radius 3 is 3.19 bits per heavy atom. The lowest BCUT2D eigenvalue weighted by atomic mass is 9.99. The second-order valence-corrected chi connectivity index (χ2v) is 3.91. The zero-order chi connectivity index (χ0) is 11.4. The Morgan fingerprint density at radius 1 is 1.50 bits per heavy atom. The number of anilines is 1. The van der Waals surface area contributed by atoms with Gasteiger partial charge < -0.3 is 16.0 Å². The zero-order valence-electron chi connectivity index (χ0n) is 9.47. The molecule has 2 rings (SSSR count). The van der Waals surface area contributed by atoms with Gasteiger partial charge in [-0.2, -0.15) is 0 Å². The lowest BCUT2D eigenvalue weighted by Crippen LogP contribution is -2.32. The summed E-state index contributed by atoms with van der Waals surface area (Å²) in [6.07, 6.45) is 2.30. The van der Waals surface area contributed by atoms with Gasteiger partial charge in [0.25, 0.3) is 0 Å². The number of carbonyl (C=O) groups excluding carboxylic acids is 1. The summed E-state index contributed by atoms with van der Waals surface area (Å²) in [5.41, 5.74) is 3.70. The van der Waals surface area contributed by atoms with Gasteiger partial charge in [-0.1, -0.05) is 18.2 Å². The molecule has 1 aromatic rings. The maximum atomic E-state index is 11.1. The predicted octanol–water partition coefficient (Wildman–Crippen LogP) is 1.47. The van der Waals surface area contributed by atoms with Crippen LogP contribution < -0.4 is 16.0 Å². The minimum atomic E-state index is -0.145. The molecule has 1 aromatic carbocycles. The number of fused-ring (bicyclic) bond motifs is 1. The van der Waals surface area contributed by atoms with Crippen LogP contribution >= 0.6 is 0 Å². The molecule has 0 saturated carbocycles. The fraction of sp³-hybridized carbons (Fsp3) is 0.417. The zero-order valence-corrected chi connectivity index (χ0v) is 9.47. The molecule has 0 atom stereocenters. The first-order chi connectivity index (χ1) is 7.81. The molecule has 1 aliphatic rings. The Bertz CT molecular complexity index is 390. The minimum Gasteiger partial charge on any atom is -0.385 e. The van der Waals surface area contributed by atoms with E-state index in [9.17, 15) is 4.79 Å². The molecule has 0 aromatic heterocycles. The molecule has 0 unspecified atom stereocenters. The molecular weight excluding hydrogens is 202 g/mol. The third kappa shape index (κ3) is 2.27. The maximum Gasteiger partial charge on any atom is 0.314 e. The first-order valence-electron chi connectivity index (χ1n) is 5.61. The van der Waals surface area contributed by atoms with Gasteiger partial charge in [0.2, 0.25) is 0 Å². The van der Waals surface area contributed by atoms with E-state index in [1.54, 1.807) is 7.05 Å². The SMILES string of the molecule is CNC(=O)NCc1cccc2c1NCCC2. The molecule has 2 amide bonds. The Balaban J connectivity index is 2.11. The highest BCUT2D eigenvalue weighted by molar-refractivity contribution is 5.74. The number of para-hydroxylation sites is 1. The number of benzene rings is 1. The van der Waals surface area contributed by atoms with Crippen LogP contribution in [0.5, 0.6) is 0 Å². The number of rotatable bonds is 2. The van der Waals surface area contributed by atoms with Crippen LogP contribution in [0.15, 0.2) is 18.2 Å². The van der Waals surface area contributed by atoms with E-state index in [1.165, 1.54) is 17.7 Å². The molecule has 0 spiro atoms. The Morgan fingerprint density at radius 2 is 2.38 bits per heavy atom. The van der Waals surface area contributed by atoms with E-state index in [4.69, 9.17) is 0 Å². The summed E-state index contributed by atoms with van der Waals surface area (Å²) in [5.74, 6) is 0. The number of aryl methyl sites for hydroxylation is 1. The van der Waals surface area contributed by atoms with Crippen molar-refractivity contribution < 1.29 is 4.79 Å². The lowest BCUT2D eigenvalue weighted by Gasteiger charge is -2.21. The molecule has 0 fully saturated rings. The summed E-state index contributed by atoms with van der Waals surface area (Å²) in [7, 11) is 1.62. The number of hydrogen-bond donors (Lipinski definition) is 3. The summed E-state index contributed by atoms with van der Waals surface area (Å²) < 4.78 is 0. The number of amides is 2. The first kappa shape index (κ1) is 10.8. The molecule has 16 heavy (non-hydrogen) atoms. The van der Waals surface area contributed by atoms with Crippen molar-refractivity contribution in [3.63, 3.8) is 0 Å². The molecule has 4 heteroatoms. The highest BCUT2D eigenvalue weighted by Gasteiger charge is 2.12. The van der Waals surface area contributed by atoms with Gasteiger partial charge in [-0.3, -0.25) is 0 Å². The molecule has 0 aliphatic carbocycles. The average Bonchev–Trinajstić information content (AvgIpc) is 2.35. The van der Waals surface area contributed by atoms with E-state index in [0.717, 1.165) is 18.5 Å². The van der Waals surface area contributed by atoms with E-state index in [-0.39, 0.29) is 6.03 Å². The van der Waals surface area contributed by atoms with Crippen LogP contribution in [0.1, 0.15) is 17.5 Å². The van der Waals surface area contributed by atoms with E-state index in [2.05, 4.69) is 22.0 Å². The number of carbonyl (C=O) groups is 1. The van der Waals surface area contributed by atoms with Crippen molar-refractivity contribution in [3.8, 4) is 0 Å². The third-order valence-electron chi connectivity index (χ3n) is 2.83. The van der Waals surface area contributed by atoms with Gasteiger partial charge in [-0.05, 0) is 24.0 Å². The van der Waals surface area contributed by atoms with Crippen LogP contribution in [0.25, 0.3) is 0 Å². The molecular formula is C12H17N3O. The summed E-state index contributed by atoms with van der Waals surface area (Å²) in [4.78, 5) is 11.1. The first-order valence-corrected chi connectivity index (χ1v) is 5.61. The van der Waals surface area contributed by atoms with Crippen LogP contribution in [0.2, 0.25) is 0 Å². The van der Waals surface area contributed by atoms with Crippen molar-refractivity contribution in [2.45, 2.75) is 19.4 Å². The fourth-order valence-electron chi connectivity index (χ4n) is 1.99. The van der Waals surface area contributed by atoms with Gasteiger partial charge in [-0.25, -0.2) is 4.79 Å². The average molecular weight is 219 g/mol. The molecule has 86 valence electrons. The highest BCUT2D eigenvalue weighted by atomic mass is 16.2. The Hall–Kier alpha value is -1.71. The second kappa shape index (κ2) is 4.88. The Kier molecular flexibility index (Phi) is 3.29. The molecule has 1 heterocycles. The molecule has 3 N–H and O–H groups in total. The Labute approximate surface area is 95.4 Å². The van der Waals surface area contributed by atoms with Gasteiger partial charge in [0.15, 0.2) is 0 Å². The normalized spacial score (nSPS) is 13.6. The quantitative estimate of drug-likeness (QED) is 0.705. The van der Waals surface area contributed by atoms with Crippen molar-refractivity contribution in [1.29, 1.82) is 0 Å². The van der Waals surface area contributed by atoms with Crippen LogP contribution in [-0.2, 0) is 13.0 Å². The summed E-state index contributed by atoms with van der Waals surface area (Å²) in [6, 6.07) is 6.10. The number of urea groups is 1. The van der Waals surface area contributed by atoms with Gasteiger partial charge in [0, 0.05) is 25.8 Å². The lowest BCUT2D eigenvalue weighted by molar-refractivity contribution is 0.242. The minimum absolute atomic E-state index is 0.145. The summed E-state index contributed by atoms with van der Waals surface area (Å²) in [5, 5.41) is 8.75. The molecule has 0 bridgehead atoms. The molecule has 1 aliphatic heterocycles. The second-order valence-electron chi connectivity index (χ2n) is 3.91. The topological polar surface area (TPSA) is 53.2 Å². The van der Waals surface area contributed by atoms with Crippen LogP contribution in [-0.4, -0.2) is 19.6 Å². The van der Waals surface area contributed by atoms with E-state index in [0.29, 0.717) is 6.54 Å². The van der Waals surface area contributed by atoms with Crippen molar-refractivity contribution >= 4 is 11.7 Å². The highest BCUT2D eigenvalue weighted by Crippen LogP contribution is 2.25. The van der Waals surface area contributed by atoms with E-state index < -0.39 is 0 Å². The number of nitrogens with one attached hydrogen (secondary N) is 3. The van der Waals surface area contributed by atoms with Crippen LogP contribution in [0.4, 0.5) is 10.5 Å². The van der Waals surface area contributed by atoms with Crippen molar-refractivity contribution in [1.82, 2.24) is 10.6 Å².